The van der Waals surface area contributed by atoms with Crippen molar-refractivity contribution in [3.05, 3.63) is 63.8 Å². The molecule has 0 bridgehead atoms. The fourth-order valence-electron chi connectivity index (χ4n) is 3.47. The van der Waals surface area contributed by atoms with Gasteiger partial charge in [0.25, 0.3) is 5.91 Å². The number of phenols is 1. The van der Waals surface area contributed by atoms with Crippen LogP contribution in [0, 0.1) is 18.6 Å². The van der Waals surface area contributed by atoms with E-state index < -0.39 is 35.2 Å². The van der Waals surface area contributed by atoms with Crippen molar-refractivity contribution in [2.24, 2.45) is 0 Å². The quantitative estimate of drug-likeness (QED) is 0.550. The van der Waals surface area contributed by atoms with Gasteiger partial charge in [-0.05, 0) is 56.2 Å². The van der Waals surface area contributed by atoms with Gasteiger partial charge in [0.1, 0.15) is 5.82 Å². The van der Waals surface area contributed by atoms with Gasteiger partial charge in [0.15, 0.2) is 11.6 Å². The van der Waals surface area contributed by atoms with Crippen LogP contribution in [0.4, 0.5) is 8.78 Å². The lowest BCUT2D eigenvalue weighted by atomic mass is 9.97. The van der Waals surface area contributed by atoms with E-state index in [1.54, 1.807) is 13.8 Å². The molecule has 2 aromatic carbocycles. The Morgan fingerprint density at radius 2 is 1.93 bits per heavy atom. The first-order valence-electron chi connectivity index (χ1n) is 9.37. The topological polar surface area (TPSA) is 68.5 Å². The smallest absolute Gasteiger partial charge is 0.313 e. The van der Waals surface area contributed by atoms with Crippen molar-refractivity contribution in [1.29, 1.82) is 0 Å². The van der Waals surface area contributed by atoms with Crippen LogP contribution in [-0.2, 0) is 9.53 Å². The number of fused-ring (bicyclic) bond motifs is 1. The molecule has 5 nitrogen and oxygen atoms in total. The SMILES string of the molecule is CCCOC(=O)[C@@H](C)c1c(C)n(C(=O)c2ccc(Cl)c(F)c2)c2ccc(O)c(F)c12. The maximum atomic E-state index is 14.9. The number of rotatable bonds is 5. The number of benzene rings is 2. The third kappa shape index (κ3) is 3.65. The number of aromatic nitrogens is 1. The van der Waals surface area contributed by atoms with Crippen LogP contribution >= 0.6 is 11.6 Å². The number of aromatic hydroxyl groups is 1. The third-order valence-corrected chi connectivity index (χ3v) is 5.25. The summed E-state index contributed by atoms with van der Waals surface area (Å²) in [6, 6.07) is 6.09. The lowest BCUT2D eigenvalue weighted by Crippen LogP contribution is -2.17. The Bertz CT molecular complexity index is 1160. The Hall–Kier alpha value is -2.93. The number of ether oxygens (including phenoxy) is 1. The first kappa shape index (κ1) is 21.8. The summed E-state index contributed by atoms with van der Waals surface area (Å²) in [6.07, 6.45) is 0.620. The van der Waals surface area contributed by atoms with E-state index in [2.05, 4.69) is 0 Å². The third-order valence-electron chi connectivity index (χ3n) is 4.94. The van der Waals surface area contributed by atoms with Crippen LogP contribution < -0.4 is 0 Å². The van der Waals surface area contributed by atoms with Crippen LogP contribution in [0.1, 0.15) is 47.8 Å². The van der Waals surface area contributed by atoms with Crippen molar-refractivity contribution in [3.8, 4) is 5.75 Å². The monoisotopic (exact) mass is 435 g/mol. The van der Waals surface area contributed by atoms with E-state index in [1.807, 2.05) is 6.92 Å². The molecule has 0 saturated heterocycles. The van der Waals surface area contributed by atoms with E-state index in [4.69, 9.17) is 16.3 Å². The molecule has 3 aromatic rings. The molecule has 0 spiro atoms. The number of hydrogen-bond donors (Lipinski definition) is 1. The summed E-state index contributed by atoms with van der Waals surface area (Å²) in [4.78, 5) is 25.6. The van der Waals surface area contributed by atoms with Crippen molar-refractivity contribution in [2.75, 3.05) is 6.61 Å². The van der Waals surface area contributed by atoms with E-state index in [9.17, 15) is 23.5 Å². The minimum Gasteiger partial charge on any atom is -0.505 e. The summed E-state index contributed by atoms with van der Waals surface area (Å²) in [6.45, 7) is 5.15. The van der Waals surface area contributed by atoms with Gasteiger partial charge in [-0.3, -0.25) is 14.2 Å². The van der Waals surface area contributed by atoms with Gasteiger partial charge in [0.05, 0.1) is 23.1 Å². The number of nitrogens with zero attached hydrogens (tertiary/aromatic N) is 1. The van der Waals surface area contributed by atoms with Crippen molar-refractivity contribution in [1.82, 2.24) is 4.57 Å². The van der Waals surface area contributed by atoms with Crippen LogP contribution in [0.2, 0.25) is 5.02 Å². The maximum Gasteiger partial charge on any atom is 0.313 e. The molecule has 3 rings (SSSR count). The first-order chi connectivity index (χ1) is 14.2. The molecule has 0 saturated carbocycles. The fourth-order valence-corrected chi connectivity index (χ4v) is 3.59. The van der Waals surface area contributed by atoms with Gasteiger partial charge in [-0.2, -0.15) is 0 Å². The Morgan fingerprint density at radius 1 is 1.23 bits per heavy atom. The summed E-state index contributed by atoms with van der Waals surface area (Å²) in [5, 5.41) is 9.68. The van der Waals surface area contributed by atoms with Crippen molar-refractivity contribution < 1.29 is 28.2 Å². The highest BCUT2D eigenvalue weighted by molar-refractivity contribution is 6.30. The molecule has 8 heteroatoms. The van der Waals surface area contributed by atoms with E-state index >= 15 is 0 Å². The minimum atomic E-state index is -0.949. The molecule has 1 atom stereocenters. The highest BCUT2D eigenvalue weighted by Crippen LogP contribution is 2.37. The average molecular weight is 436 g/mol. The van der Waals surface area contributed by atoms with Gasteiger partial charge >= 0.3 is 5.97 Å². The summed E-state index contributed by atoms with van der Waals surface area (Å²) in [7, 11) is 0. The largest absolute Gasteiger partial charge is 0.505 e. The number of esters is 1. The number of carbonyl (C=O) groups excluding carboxylic acids is 2. The molecule has 1 heterocycles. The van der Waals surface area contributed by atoms with Crippen molar-refractivity contribution in [2.45, 2.75) is 33.1 Å². The molecule has 0 aliphatic carbocycles. The predicted molar refractivity (Wildman–Crippen MR) is 109 cm³/mol. The molecule has 0 aliphatic rings. The number of carbonyl (C=O) groups is 2. The molecule has 0 radical (unpaired) electrons. The van der Waals surface area contributed by atoms with Gasteiger partial charge in [0.2, 0.25) is 0 Å². The predicted octanol–water partition coefficient (Wildman–Crippen LogP) is 5.33. The Kier molecular flexibility index (Phi) is 6.12. The molecule has 0 amide bonds. The summed E-state index contributed by atoms with van der Waals surface area (Å²) in [5.41, 5.74) is 0.657. The number of hydrogen-bond acceptors (Lipinski definition) is 4. The van der Waals surface area contributed by atoms with E-state index in [0.717, 1.165) is 12.1 Å². The van der Waals surface area contributed by atoms with Crippen LogP contribution in [0.15, 0.2) is 30.3 Å². The van der Waals surface area contributed by atoms with Crippen LogP contribution in [0.5, 0.6) is 5.75 Å². The highest BCUT2D eigenvalue weighted by atomic mass is 35.5. The van der Waals surface area contributed by atoms with Gasteiger partial charge in [-0.15, -0.1) is 0 Å². The average Bonchev–Trinajstić information content (AvgIpc) is 3.02. The minimum absolute atomic E-state index is 0.00172. The van der Waals surface area contributed by atoms with Gasteiger partial charge < -0.3 is 9.84 Å². The zero-order chi connectivity index (χ0) is 22.2. The molecule has 30 heavy (non-hydrogen) atoms. The Labute approximate surface area is 176 Å². The molecular formula is C22H20ClF2NO4. The Balaban J connectivity index is 2.24. The Morgan fingerprint density at radius 3 is 2.57 bits per heavy atom. The van der Waals surface area contributed by atoms with Crippen molar-refractivity contribution in [3.63, 3.8) is 0 Å². The van der Waals surface area contributed by atoms with Crippen molar-refractivity contribution >= 4 is 34.4 Å². The lowest BCUT2D eigenvalue weighted by Gasteiger charge is -2.13. The first-order valence-corrected chi connectivity index (χ1v) is 9.75. The molecule has 0 aliphatic heterocycles. The highest BCUT2D eigenvalue weighted by Gasteiger charge is 2.30. The van der Waals surface area contributed by atoms with E-state index in [1.165, 1.54) is 22.8 Å². The molecule has 0 unspecified atom stereocenters. The lowest BCUT2D eigenvalue weighted by molar-refractivity contribution is -0.145. The zero-order valence-corrected chi connectivity index (χ0v) is 17.4. The van der Waals surface area contributed by atoms with Gasteiger partial charge in [-0.1, -0.05) is 18.5 Å². The number of halogens is 3. The number of phenolic OH excluding ortho intramolecular Hbond substituents is 1. The standard InChI is InChI=1S/C22H20ClF2NO4/c1-4-9-30-22(29)11(2)18-12(3)26(16-7-8-17(27)20(25)19(16)18)21(28)13-5-6-14(23)15(24)10-13/h5-8,10-11,27H,4,9H2,1-3H3/t11-/m0/s1. The fraction of sp³-hybridized carbons (Fsp3) is 0.273. The van der Waals surface area contributed by atoms with E-state index in [0.29, 0.717) is 6.42 Å². The van der Waals surface area contributed by atoms with Gasteiger partial charge in [0, 0.05) is 16.6 Å². The molecule has 158 valence electrons. The second kappa shape index (κ2) is 8.44. The summed E-state index contributed by atoms with van der Waals surface area (Å²) in [5.74, 6) is -4.43. The molecule has 1 N–H and O–H groups in total. The maximum absolute atomic E-state index is 14.9. The second-order valence-corrected chi connectivity index (χ2v) is 7.36. The second-order valence-electron chi connectivity index (χ2n) is 6.95. The summed E-state index contributed by atoms with van der Waals surface area (Å²) < 4.78 is 35.2. The van der Waals surface area contributed by atoms with Crippen LogP contribution in [0.25, 0.3) is 10.9 Å². The zero-order valence-electron chi connectivity index (χ0n) is 16.6. The summed E-state index contributed by atoms with van der Waals surface area (Å²) >= 11 is 5.70. The van der Waals surface area contributed by atoms with E-state index in [-0.39, 0.29) is 39.4 Å². The molecule has 1 aromatic heterocycles. The molecular weight excluding hydrogens is 416 g/mol. The van der Waals surface area contributed by atoms with Crippen LogP contribution in [-0.4, -0.2) is 28.2 Å². The van der Waals surface area contributed by atoms with Crippen LogP contribution in [0.3, 0.4) is 0 Å². The normalized spacial score (nSPS) is 12.2. The molecule has 0 fully saturated rings. The van der Waals surface area contributed by atoms with Gasteiger partial charge in [-0.25, -0.2) is 8.78 Å².